The van der Waals surface area contributed by atoms with Gasteiger partial charge in [-0.25, -0.2) is 9.50 Å². The first-order valence-electron chi connectivity index (χ1n) is 8.79. The van der Waals surface area contributed by atoms with Crippen LogP contribution in [0.25, 0.3) is 27.7 Å². The van der Waals surface area contributed by atoms with Crippen LogP contribution in [0.4, 0.5) is 0 Å². The molecule has 25 heavy (non-hydrogen) atoms. The number of nitrogens with one attached hydrogen (secondary N) is 2. The molecule has 0 saturated carbocycles. The average molecular weight is 332 g/mol. The molecule has 0 amide bonds. The second kappa shape index (κ2) is 5.67. The topological polar surface area (TPSA) is 70.9 Å². The number of hydrogen-bond donors (Lipinski definition) is 2. The average Bonchev–Trinajstić information content (AvgIpc) is 3.27. The molecule has 1 aliphatic rings. The SMILES string of the molecule is Cc1cc2c(C3CCCNC3)n[nH]c2cc1-c1ccc2ncnn2c1. The van der Waals surface area contributed by atoms with E-state index >= 15 is 0 Å². The molecule has 1 aromatic carbocycles. The maximum Gasteiger partial charge on any atom is 0.155 e. The lowest BCUT2D eigenvalue weighted by Crippen LogP contribution is -2.28. The van der Waals surface area contributed by atoms with E-state index in [-0.39, 0.29) is 0 Å². The number of H-pyrrole nitrogens is 1. The van der Waals surface area contributed by atoms with Crippen molar-refractivity contribution in [3.8, 4) is 11.1 Å². The molecule has 0 aliphatic carbocycles. The van der Waals surface area contributed by atoms with Gasteiger partial charge in [-0.15, -0.1) is 0 Å². The molecule has 1 unspecified atom stereocenters. The van der Waals surface area contributed by atoms with E-state index in [2.05, 4.69) is 50.7 Å². The first kappa shape index (κ1) is 14.6. The van der Waals surface area contributed by atoms with Gasteiger partial charge in [0, 0.05) is 29.6 Å². The second-order valence-corrected chi connectivity index (χ2v) is 6.85. The van der Waals surface area contributed by atoms with Gasteiger partial charge in [0.15, 0.2) is 5.65 Å². The van der Waals surface area contributed by atoms with E-state index in [1.807, 2.05) is 16.8 Å². The lowest BCUT2D eigenvalue weighted by atomic mass is 9.92. The Morgan fingerprint density at radius 1 is 1.24 bits per heavy atom. The van der Waals surface area contributed by atoms with Crippen LogP contribution in [-0.2, 0) is 0 Å². The first-order valence-corrected chi connectivity index (χ1v) is 8.79. The molecule has 0 spiro atoms. The largest absolute Gasteiger partial charge is 0.316 e. The van der Waals surface area contributed by atoms with E-state index in [9.17, 15) is 0 Å². The van der Waals surface area contributed by atoms with Gasteiger partial charge >= 0.3 is 0 Å². The van der Waals surface area contributed by atoms with Crippen molar-refractivity contribution < 1.29 is 0 Å². The summed E-state index contributed by atoms with van der Waals surface area (Å²) >= 11 is 0. The van der Waals surface area contributed by atoms with Gasteiger partial charge in [0.1, 0.15) is 6.33 Å². The predicted octanol–water partition coefficient (Wildman–Crippen LogP) is 3.05. The third-order valence-corrected chi connectivity index (χ3v) is 5.21. The molecule has 0 radical (unpaired) electrons. The van der Waals surface area contributed by atoms with Crippen LogP contribution in [0, 0.1) is 6.92 Å². The molecular formula is C19H20N6. The highest BCUT2D eigenvalue weighted by atomic mass is 15.3. The highest BCUT2D eigenvalue weighted by Crippen LogP contribution is 2.33. The quantitative estimate of drug-likeness (QED) is 0.592. The summed E-state index contributed by atoms with van der Waals surface area (Å²) in [7, 11) is 0. The van der Waals surface area contributed by atoms with Crippen LogP contribution in [0.15, 0.2) is 36.8 Å². The molecule has 1 aliphatic heterocycles. The zero-order valence-electron chi connectivity index (χ0n) is 14.2. The fourth-order valence-corrected chi connectivity index (χ4v) is 3.88. The lowest BCUT2D eigenvalue weighted by Gasteiger charge is -2.21. The summed E-state index contributed by atoms with van der Waals surface area (Å²) < 4.78 is 1.81. The van der Waals surface area contributed by atoms with Gasteiger partial charge < -0.3 is 5.32 Å². The number of pyridine rings is 1. The molecule has 1 saturated heterocycles. The van der Waals surface area contributed by atoms with Gasteiger partial charge in [0.25, 0.3) is 0 Å². The number of nitrogens with zero attached hydrogens (tertiary/aromatic N) is 4. The van der Waals surface area contributed by atoms with E-state index in [0.717, 1.165) is 29.8 Å². The zero-order valence-corrected chi connectivity index (χ0v) is 14.2. The number of hydrogen-bond acceptors (Lipinski definition) is 4. The summed E-state index contributed by atoms with van der Waals surface area (Å²) in [4.78, 5) is 4.21. The Kier molecular flexibility index (Phi) is 3.31. The Morgan fingerprint density at radius 2 is 2.20 bits per heavy atom. The van der Waals surface area contributed by atoms with E-state index in [4.69, 9.17) is 0 Å². The summed E-state index contributed by atoms with van der Waals surface area (Å²) in [5.74, 6) is 0.499. The van der Waals surface area contributed by atoms with Crippen molar-refractivity contribution in [3.63, 3.8) is 0 Å². The minimum absolute atomic E-state index is 0.499. The molecule has 3 aromatic heterocycles. The number of piperidine rings is 1. The van der Waals surface area contributed by atoms with Crippen LogP contribution >= 0.6 is 0 Å². The van der Waals surface area contributed by atoms with Crippen molar-refractivity contribution >= 4 is 16.6 Å². The van der Waals surface area contributed by atoms with Crippen molar-refractivity contribution in [3.05, 3.63) is 48.0 Å². The molecule has 0 bridgehead atoms. The van der Waals surface area contributed by atoms with Crippen LogP contribution in [0.2, 0.25) is 0 Å². The molecule has 4 aromatic rings. The summed E-state index contributed by atoms with van der Waals surface area (Å²) in [6, 6.07) is 8.57. The fraction of sp³-hybridized carbons (Fsp3) is 0.316. The van der Waals surface area contributed by atoms with Crippen LogP contribution in [-0.4, -0.2) is 37.9 Å². The molecule has 6 heteroatoms. The standard InChI is InChI=1S/C19H20N6/c1-12-7-16-17(23-24-19(16)13-3-2-6-20-9-13)8-15(12)14-4-5-18-21-11-22-25(18)10-14/h4-5,7-8,10-11,13,20H,2-3,6,9H2,1H3,(H,23,24). The number of benzene rings is 1. The minimum Gasteiger partial charge on any atom is -0.316 e. The van der Waals surface area contributed by atoms with E-state index in [1.54, 1.807) is 6.33 Å². The van der Waals surface area contributed by atoms with Gasteiger partial charge in [-0.1, -0.05) is 0 Å². The normalized spacial score (nSPS) is 18.2. The van der Waals surface area contributed by atoms with Crippen molar-refractivity contribution in [2.24, 2.45) is 0 Å². The lowest BCUT2D eigenvalue weighted by molar-refractivity contribution is 0.456. The number of aromatic amines is 1. The Labute approximate surface area is 145 Å². The Bertz CT molecular complexity index is 1050. The van der Waals surface area contributed by atoms with Crippen LogP contribution in [0.3, 0.4) is 0 Å². The Hall–Kier alpha value is -2.73. The van der Waals surface area contributed by atoms with Crippen molar-refractivity contribution in [2.75, 3.05) is 13.1 Å². The molecule has 4 heterocycles. The number of aromatic nitrogens is 5. The second-order valence-electron chi connectivity index (χ2n) is 6.85. The van der Waals surface area contributed by atoms with Crippen LogP contribution in [0.1, 0.15) is 30.0 Å². The number of fused-ring (bicyclic) bond motifs is 2. The summed E-state index contributed by atoms with van der Waals surface area (Å²) in [5.41, 5.74) is 6.73. The van der Waals surface area contributed by atoms with E-state index in [1.165, 1.54) is 35.0 Å². The number of aryl methyl sites for hydroxylation is 1. The molecule has 1 atom stereocenters. The smallest absolute Gasteiger partial charge is 0.155 e. The van der Waals surface area contributed by atoms with E-state index in [0.29, 0.717) is 5.92 Å². The van der Waals surface area contributed by atoms with Crippen LogP contribution in [0.5, 0.6) is 0 Å². The van der Waals surface area contributed by atoms with Crippen molar-refractivity contribution in [1.29, 1.82) is 0 Å². The maximum absolute atomic E-state index is 4.64. The Morgan fingerprint density at radius 3 is 3.08 bits per heavy atom. The van der Waals surface area contributed by atoms with Crippen molar-refractivity contribution in [1.82, 2.24) is 30.1 Å². The summed E-state index contributed by atoms with van der Waals surface area (Å²) in [6.07, 6.45) is 6.03. The molecule has 2 N–H and O–H groups in total. The third-order valence-electron chi connectivity index (χ3n) is 5.21. The predicted molar refractivity (Wildman–Crippen MR) is 97.7 cm³/mol. The molecule has 5 rings (SSSR count). The molecular weight excluding hydrogens is 312 g/mol. The van der Waals surface area contributed by atoms with Gasteiger partial charge in [-0.2, -0.15) is 10.2 Å². The zero-order chi connectivity index (χ0) is 16.8. The Balaban J connectivity index is 1.61. The van der Waals surface area contributed by atoms with Gasteiger partial charge in [0.05, 0.1) is 11.2 Å². The number of rotatable bonds is 2. The highest BCUT2D eigenvalue weighted by Gasteiger charge is 2.21. The van der Waals surface area contributed by atoms with Crippen molar-refractivity contribution in [2.45, 2.75) is 25.7 Å². The monoisotopic (exact) mass is 332 g/mol. The first-order chi connectivity index (χ1) is 12.3. The molecule has 6 nitrogen and oxygen atoms in total. The van der Waals surface area contributed by atoms with Gasteiger partial charge in [-0.05, 0) is 61.7 Å². The fourth-order valence-electron chi connectivity index (χ4n) is 3.88. The van der Waals surface area contributed by atoms with Gasteiger partial charge in [0.2, 0.25) is 0 Å². The van der Waals surface area contributed by atoms with E-state index < -0.39 is 0 Å². The van der Waals surface area contributed by atoms with Crippen LogP contribution < -0.4 is 5.32 Å². The summed E-state index contributed by atoms with van der Waals surface area (Å²) in [6.45, 7) is 4.30. The molecule has 126 valence electrons. The maximum atomic E-state index is 4.64. The van der Waals surface area contributed by atoms with Gasteiger partial charge in [-0.3, -0.25) is 5.10 Å². The minimum atomic E-state index is 0.499. The molecule has 1 fully saturated rings. The third kappa shape index (κ3) is 2.41. The summed E-state index contributed by atoms with van der Waals surface area (Å²) in [5, 5.41) is 16.9. The highest BCUT2D eigenvalue weighted by molar-refractivity contribution is 5.88.